The van der Waals surface area contributed by atoms with Crippen LogP contribution >= 0.6 is 11.3 Å². The van der Waals surface area contributed by atoms with Gasteiger partial charge in [0.25, 0.3) is 0 Å². The van der Waals surface area contributed by atoms with Crippen LogP contribution in [-0.2, 0) is 6.42 Å². The van der Waals surface area contributed by atoms with Crippen LogP contribution in [0.3, 0.4) is 0 Å². The highest BCUT2D eigenvalue weighted by molar-refractivity contribution is 7.09. The quantitative estimate of drug-likeness (QED) is 0.833. The molecule has 1 heterocycles. The summed E-state index contributed by atoms with van der Waals surface area (Å²) in [5.41, 5.74) is 7.09. The predicted octanol–water partition coefficient (Wildman–Crippen LogP) is 2.61. The molecule has 0 aromatic carbocycles. The van der Waals surface area contributed by atoms with E-state index in [1.165, 1.54) is 5.01 Å². The Morgan fingerprint density at radius 3 is 2.43 bits per heavy atom. The summed E-state index contributed by atoms with van der Waals surface area (Å²) in [4.78, 5) is 4.48. The highest BCUT2D eigenvalue weighted by atomic mass is 32.1. The smallest absolute Gasteiger partial charge is 0.0931 e. The SMILES string of the molecule is Cc1csc(CC(C(C)C)C(C)N)n1. The van der Waals surface area contributed by atoms with Gasteiger partial charge in [-0.15, -0.1) is 11.3 Å². The maximum Gasteiger partial charge on any atom is 0.0931 e. The van der Waals surface area contributed by atoms with Crippen molar-refractivity contribution in [1.82, 2.24) is 4.98 Å². The average Bonchev–Trinajstić information content (AvgIpc) is 2.46. The lowest BCUT2D eigenvalue weighted by Crippen LogP contribution is -2.32. The van der Waals surface area contributed by atoms with Gasteiger partial charge >= 0.3 is 0 Å². The first-order chi connectivity index (χ1) is 6.50. The summed E-state index contributed by atoms with van der Waals surface area (Å²) in [6.45, 7) is 8.59. The van der Waals surface area contributed by atoms with Crippen molar-refractivity contribution in [2.75, 3.05) is 0 Å². The molecule has 0 amide bonds. The van der Waals surface area contributed by atoms with E-state index in [1.807, 2.05) is 6.92 Å². The fraction of sp³-hybridized carbons (Fsp3) is 0.727. The number of aromatic nitrogens is 1. The molecule has 0 aliphatic carbocycles. The summed E-state index contributed by atoms with van der Waals surface area (Å²) in [6, 6.07) is 0.249. The van der Waals surface area contributed by atoms with Crippen molar-refractivity contribution in [3.8, 4) is 0 Å². The van der Waals surface area contributed by atoms with E-state index in [2.05, 4.69) is 31.1 Å². The molecule has 2 nitrogen and oxygen atoms in total. The van der Waals surface area contributed by atoms with Gasteiger partial charge in [-0.25, -0.2) is 4.98 Å². The molecule has 80 valence electrons. The zero-order valence-corrected chi connectivity index (χ0v) is 10.3. The lowest BCUT2D eigenvalue weighted by Gasteiger charge is -2.23. The summed E-state index contributed by atoms with van der Waals surface area (Å²) < 4.78 is 0. The second-order valence-electron chi connectivity index (χ2n) is 4.35. The Morgan fingerprint density at radius 1 is 1.43 bits per heavy atom. The molecule has 14 heavy (non-hydrogen) atoms. The van der Waals surface area contributed by atoms with Crippen LogP contribution in [0.5, 0.6) is 0 Å². The maximum absolute atomic E-state index is 5.97. The summed E-state index contributed by atoms with van der Waals surface area (Å²) >= 11 is 1.75. The minimum absolute atomic E-state index is 0.249. The van der Waals surface area contributed by atoms with E-state index in [-0.39, 0.29) is 6.04 Å². The van der Waals surface area contributed by atoms with E-state index in [9.17, 15) is 0 Å². The number of hydrogen-bond donors (Lipinski definition) is 1. The monoisotopic (exact) mass is 212 g/mol. The normalized spacial score (nSPS) is 15.9. The second kappa shape index (κ2) is 4.89. The Morgan fingerprint density at radius 2 is 2.07 bits per heavy atom. The van der Waals surface area contributed by atoms with E-state index in [0.717, 1.165) is 12.1 Å². The van der Waals surface area contributed by atoms with Crippen LogP contribution in [0.1, 0.15) is 31.5 Å². The van der Waals surface area contributed by atoms with E-state index in [4.69, 9.17) is 5.73 Å². The first kappa shape index (κ1) is 11.7. The molecule has 0 saturated heterocycles. The molecule has 2 atom stereocenters. The second-order valence-corrected chi connectivity index (χ2v) is 5.30. The molecule has 0 fully saturated rings. The van der Waals surface area contributed by atoms with Crippen molar-refractivity contribution in [2.45, 2.75) is 40.2 Å². The first-order valence-corrected chi connectivity index (χ1v) is 6.05. The molecule has 3 heteroatoms. The van der Waals surface area contributed by atoms with E-state index in [1.54, 1.807) is 11.3 Å². The number of nitrogens with zero attached hydrogens (tertiary/aromatic N) is 1. The molecule has 0 saturated carbocycles. The zero-order valence-electron chi connectivity index (χ0n) is 9.45. The maximum atomic E-state index is 5.97. The first-order valence-electron chi connectivity index (χ1n) is 5.17. The largest absolute Gasteiger partial charge is 0.328 e. The van der Waals surface area contributed by atoms with Crippen molar-refractivity contribution in [1.29, 1.82) is 0 Å². The van der Waals surface area contributed by atoms with Crippen molar-refractivity contribution in [3.63, 3.8) is 0 Å². The van der Waals surface area contributed by atoms with E-state index >= 15 is 0 Å². The lowest BCUT2D eigenvalue weighted by molar-refractivity contribution is 0.329. The topological polar surface area (TPSA) is 38.9 Å². The van der Waals surface area contributed by atoms with Gasteiger partial charge < -0.3 is 5.73 Å². The number of rotatable bonds is 4. The third-order valence-corrected chi connectivity index (χ3v) is 3.60. The highest BCUT2D eigenvalue weighted by Crippen LogP contribution is 2.21. The average molecular weight is 212 g/mol. The summed E-state index contributed by atoms with van der Waals surface area (Å²) in [7, 11) is 0. The number of thiazole rings is 1. The fourth-order valence-electron chi connectivity index (χ4n) is 1.73. The molecule has 2 unspecified atom stereocenters. The minimum Gasteiger partial charge on any atom is -0.328 e. The van der Waals surface area contributed by atoms with Crippen molar-refractivity contribution >= 4 is 11.3 Å². The Hall–Kier alpha value is -0.410. The van der Waals surface area contributed by atoms with Crippen molar-refractivity contribution in [2.24, 2.45) is 17.6 Å². The van der Waals surface area contributed by atoms with Gasteiger partial charge in [0.15, 0.2) is 0 Å². The number of nitrogens with two attached hydrogens (primary N) is 1. The Balaban J connectivity index is 2.64. The van der Waals surface area contributed by atoms with Gasteiger partial charge in [0, 0.05) is 23.5 Å². The molecule has 0 aliphatic rings. The summed E-state index contributed by atoms with van der Waals surface area (Å²) in [6.07, 6.45) is 1.02. The summed E-state index contributed by atoms with van der Waals surface area (Å²) in [5.74, 6) is 1.17. The fourth-order valence-corrected chi connectivity index (χ4v) is 2.57. The Labute approximate surface area is 90.6 Å². The van der Waals surface area contributed by atoms with Crippen LogP contribution in [0.25, 0.3) is 0 Å². The lowest BCUT2D eigenvalue weighted by atomic mass is 9.87. The molecule has 2 N–H and O–H groups in total. The standard InChI is InChI=1S/C11H20N2S/c1-7(2)10(9(4)12)5-11-13-8(3)6-14-11/h6-7,9-10H,5,12H2,1-4H3. The molecule has 1 rings (SSSR count). The van der Waals surface area contributed by atoms with E-state index in [0.29, 0.717) is 11.8 Å². The molecule has 0 spiro atoms. The van der Waals surface area contributed by atoms with Crippen LogP contribution in [0.4, 0.5) is 0 Å². The van der Waals surface area contributed by atoms with Crippen molar-refractivity contribution in [3.05, 3.63) is 16.1 Å². The van der Waals surface area contributed by atoms with E-state index < -0.39 is 0 Å². The number of hydrogen-bond acceptors (Lipinski definition) is 3. The highest BCUT2D eigenvalue weighted by Gasteiger charge is 2.19. The van der Waals surface area contributed by atoms with Crippen molar-refractivity contribution < 1.29 is 0 Å². The van der Waals surface area contributed by atoms with Crippen LogP contribution in [0.2, 0.25) is 0 Å². The Kier molecular flexibility index (Phi) is 4.08. The van der Waals surface area contributed by atoms with Gasteiger partial charge in [0.05, 0.1) is 5.01 Å². The van der Waals surface area contributed by atoms with Crippen LogP contribution < -0.4 is 5.73 Å². The van der Waals surface area contributed by atoms with Gasteiger partial charge in [0.2, 0.25) is 0 Å². The van der Waals surface area contributed by atoms with Crippen LogP contribution in [0.15, 0.2) is 5.38 Å². The van der Waals surface area contributed by atoms with Gasteiger partial charge in [-0.2, -0.15) is 0 Å². The molecular weight excluding hydrogens is 192 g/mol. The van der Waals surface area contributed by atoms with Gasteiger partial charge in [-0.1, -0.05) is 13.8 Å². The molecule has 1 aromatic heterocycles. The van der Waals surface area contributed by atoms with Gasteiger partial charge in [-0.05, 0) is 25.7 Å². The molecule has 0 radical (unpaired) electrons. The zero-order chi connectivity index (χ0) is 10.7. The van der Waals surface area contributed by atoms with Gasteiger partial charge in [-0.3, -0.25) is 0 Å². The van der Waals surface area contributed by atoms with Crippen LogP contribution in [-0.4, -0.2) is 11.0 Å². The molecule has 1 aromatic rings. The van der Waals surface area contributed by atoms with Crippen LogP contribution in [0, 0.1) is 18.8 Å². The summed E-state index contributed by atoms with van der Waals surface area (Å²) in [5, 5.41) is 3.33. The minimum atomic E-state index is 0.249. The molecule has 0 bridgehead atoms. The predicted molar refractivity (Wildman–Crippen MR) is 62.5 cm³/mol. The molecular formula is C11H20N2S. The third kappa shape index (κ3) is 3.07. The Bertz CT molecular complexity index is 271. The third-order valence-electron chi connectivity index (χ3n) is 2.61. The number of aryl methyl sites for hydroxylation is 1. The molecule has 0 aliphatic heterocycles. The van der Waals surface area contributed by atoms with Gasteiger partial charge in [0.1, 0.15) is 0 Å².